The molecule has 124 valence electrons. The van der Waals surface area contributed by atoms with Crippen molar-refractivity contribution in [2.75, 3.05) is 0 Å². The summed E-state index contributed by atoms with van der Waals surface area (Å²) in [4.78, 5) is 16.2. The number of aromatic hydroxyl groups is 1. The van der Waals surface area contributed by atoms with Gasteiger partial charge in [0.2, 0.25) is 5.88 Å². The normalized spacial score (nSPS) is 10.9. The highest BCUT2D eigenvalue weighted by molar-refractivity contribution is 7.98. The smallest absolute Gasteiger partial charge is 0.257 e. The van der Waals surface area contributed by atoms with E-state index in [9.17, 15) is 9.90 Å². The van der Waals surface area contributed by atoms with Crippen LogP contribution in [0, 0.1) is 0 Å². The number of hydrogen-bond acceptors (Lipinski definition) is 4. The molecule has 6 heteroatoms. The summed E-state index contributed by atoms with van der Waals surface area (Å²) in [5.74, 6) is 0.445. The van der Waals surface area contributed by atoms with Crippen molar-refractivity contribution in [2.45, 2.75) is 50.1 Å². The Balaban J connectivity index is 2.09. The van der Waals surface area contributed by atoms with Crippen molar-refractivity contribution >= 4 is 23.4 Å². The van der Waals surface area contributed by atoms with Gasteiger partial charge in [-0.15, -0.1) is 0 Å². The summed E-state index contributed by atoms with van der Waals surface area (Å²) in [6.07, 6.45) is 4.34. The van der Waals surface area contributed by atoms with Crippen LogP contribution < -0.4 is 5.56 Å². The fourth-order valence-corrected chi connectivity index (χ4v) is 3.32. The van der Waals surface area contributed by atoms with Gasteiger partial charge in [0.15, 0.2) is 5.16 Å². The molecule has 0 atom stereocenters. The first kappa shape index (κ1) is 17.9. The third kappa shape index (κ3) is 5.59. The lowest BCUT2D eigenvalue weighted by atomic mass is 10.2. The first-order chi connectivity index (χ1) is 11.1. The lowest BCUT2D eigenvalue weighted by Crippen LogP contribution is -2.22. The Kier molecular flexibility index (Phi) is 6.99. The number of benzene rings is 1. The van der Waals surface area contributed by atoms with Crippen LogP contribution in [0.5, 0.6) is 5.88 Å². The van der Waals surface area contributed by atoms with Crippen LogP contribution in [-0.4, -0.2) is 14.7 Å². The van der Waals surface area contributed by atoms with Crippen molar-refractivity contribution in [1.29, 1.82) is 0 Å². The summed E-state index contributed by atoms with van der Waals surface area (Å²) in [5, 5.41) is 10.9. The lowest BCUT2D eigenvalue weighted by molar-refractivity contribution is 0.428. The van der Waals surface area contributed by atoms with Gasteiger partial charge in [0.1, 0.15) is 0 Å². The first-order valence-corrected chi connectivity index (χ1v) is 9.14. The van der Waals surface area contributed by atoms with Crippen LogP contribution in [0.3, 0.4) is 0 Å². The fraction of sp³-hybridized carbons (Fsp3) is 0.412. The molecule has 2 rings (SSSR count). The maximum atomic E-state index is 12.1. The number of unbranched alkanes of at least 4 members (excludes halogenated alkanes) is 3. The Bertz CT molecular complexity index is 686. The molecule has 0 bridgehead atoms. The first-order valence-electron chi connectivity index (χ1n) is 7.78. The second-order valence-electron chi connectivity index (χ2n) is 5.36. The molecule has 4 nitrogen and oxygen atoms in total. The molecule has 0 aliphatic heterocycles. The molecule has 0 radical (unpaired) electrons. The largest absolute Gasteiger partial charge is 0.493 e. The summed E-state index contributed by atoms with van der Waals surface area (Å²) in [6.45, 7) is 2.79. The van der Waals surface area contributed by atoms with E-state index in [1.54, 1.807) is 4.57 Å². The number of halogens is 1. The predicted molar refractivity (Wildman–Crippen MR) is 95.3 cm³/mol. The molecule has 1 aromatic heterocycles. The van der Waals surface area contributed by atoms with E-state index in [-0.39, 0.29) is 11.4 Å². The Hall–Kier alpha value is -1.46. The van der Waals surface area contributed by atoms with Crippen molar-refractivity contribution < 1.29 is 5.11 Å². The van der Waals surface area contributed by atoms with E-state index >= 15 is 0 Å². The zero-order valence-electron chi connectivity index (χ0n) is 13.2. The zero-order chi connectivity index (χ0) is 16.7. The molecule has 1 heterocycles. The van der Waals surface area contributed by atoms with Gasteiger partial charge in [0.05, 0.1) is 6.07 Å². The number of rotatable bonds is 8. The quantitative estimate of drug-likeness (QED) is 0.432. The van der Waals surface area contributed by atoms with Gasteiger partial charge in [0, 0.05) is 17.3 Å². The summed E-state index contributed by atoms with van der Waals surface area (Å²) in [7, 11) is 0. The molecule has 1 N–H and O–H groups in total. The Morgan fingerprint density at radius 2 is 1.96 bits per heavy atom. The second-order valence-corrected chi connectivity index (χ2v) is 6.74. The standard InChI is InChI=1S/C17H21ClN2O2S/c1-2-3-4-5-10-20-16(22)11-15(21)19-17(20)23-12-13-6-8-14(18)9-7-13/h6-9,11,21H,2-5,10,12H2,1H3. The van der Waals surface area contributed by atoms with E-state index in [1.165, 1.54) is 17.8 Å². The van der Waals surface area contributed by atoms with Gasteiger partial charge in [-0.25, -0.2) is 0 Å². The highest BCUT2D eigenvalue weighted by Crippen LogP contribution is 2.23. The molecule has 0 saturated carbocycles. The van der Waals surface area contributed by atoms with E-state index in [0.29, 0.717) is 22.5 Å². The van der Waals surface area contributed by atoms with Crippen LogP contribution in [0.25, 0.3) is 0 Å². The minimum atomic E-state index is -0.224. The van der Waals surface area contributed by atoms with Gasteiger partial charge in [-0.2, -0.15) is 4.98 Å². The van der Waals surface area contributed by atoms with Gasteiger partial charge in [-0.05, 0) is 24.1 Å². The van der Waals surface area contributed by atoms with Crippen LogP contribution in [0.15, 0.2) is 40.3 Å². The molecule has 0 spiro atoms. The maximum Gasteiger partial charge on any atom is 0.257 e. The highest BCUT2D eigenvalue weighted by atomic mass is 35.5. The molecular formula is C17H21ClN2O2S. The SMILES string of the molecule is CCCCCCn1c(SCc2ccc(Cl)cc2)nc(O)cc1=O. The van der Waals surface area contributed by atoms with Crippen molar-refractivity contribution in [3.8, 4) is 5.88 Å². The molecule has 0 aliphatic rings. The van der Waals surface area contributed by atoms with E-state index in [0.717, 1.165) is 31.2 Å². The van der Waals surface area contributed by atoms with Crippen LogP contribution in [0.2, 0.25) is 5.02 Å². The highest BCUT2D eigenvalue weighted by Gasteiger charge is 2.09. The van der Waals surface area contributed by atoms with E-state index in [1.807, 2.05) is 24.3 Å². The van der Waals surface area contributed by atoms with E-state index < -0.39 is 0 Å². The summed E-state index contributed by atoms with van der Waals surface area (Å²) in [5.41, 5.74) is 0.891. The van der Waals surface area contributed by atoms with E-state index in [4.69, 9.17) is 11.6 Å². The average molecular weight is 353 g/mol. The van der Waals surface area contributed by atoms with Crippen LogP contribution in [-0.2, 0) is 12.3 Å². The number of nitrogens with zero attached hydrogens (tertiary/aromatic N) is 2. The van der Waals surface area contributed by atoms with Crippen LogP contribution >= 0.6 is 23.4 Å². The van der Waals surface area contributed by atoms with Gasteiger partial charge in [-0.1, -0.05) is 61.7 Å². The Morgan fingerprint density at radius 3 is 2.65 bits per heavy atom. The predicted octanol–water partition coefficient (Wildman–Crippen LogP) is 4.47. The molecule has 2 aromatic rings. The molecule has 0 unspecified atom stereocenters. The van der Waals surface area contributed by atoms with Gasteiger partial charge in [-0.3, -0.25) is 9.36 Å². The maximum absolute atomic E-state index is 12.1. The molecular weight excluding hydrogens is 332 g/mol. The van der Waals surface area contributed by atoms with Crippen molar-refractivity contribution in [2.24, 2.45) is 0 Å². The van der Waals surface area contributed by atoms with Crippen molar-refractivity contribution in [1.82, 2.24) is 9.55 Å². The molecule has 1 aromatic carbocycles. The Morgan fingerprint density at radius 1 is 1.22 bits per heavy atom. The minimum Gasteiger partial charge on any atom is -0.493 e. The number of thioether (sulfide) groups is 1. The van der Waals surface area contributed by atoms with Gasteiger partial charge in [0.25, 0.3) is 5.56 Å². The van der Waals surface area contributed by atoms with Crippen LogP contribution in [0.1, 0.15) is 38.2 Å². The summed E-state index contributed by atoms with van der Waals surface area (Å²) >= 11 is 7.33. The van der Waals surface area contributed by atoms with Gasteiger partial charge < -0.3 is 5.11 Å². The van der Waals surface area contributed by atoms with Gasteiger partial charge >= 0.3 is 0 Å². The number of aromatic nitrogens is 2. The topological polar surface area (TPSA) is 55.1 Å². The van der Waals surface area contributed by atoms with E-state index in [2.05, 4.69) is 11.9 Å². The summed E-state index contributed by atoms with van der Waals surface area (Å²) in [6, 6.07) is 8.74. The third-order valence-electron chi connectivity index (χ3n) is 3.48. The summed E-state index contributed by atoms with van der Waals surface area (Å²) < 4.78 is 1.65. The monoisotopic (exact) mass is 352 g/mol. The second kappa shape index (κ2) is 8.99. The molecule has 0 amide bonds. The lowest BCUT2D eigenvalue weighted by Gasteiger charge is -2.11. The minimum absolute atomic E-state index is 0.201. The number of hydrogen-bond donors (Lipinski definition) is 1. The molecule has 23 heavy (non-hydrogen) atoms. The fourth-order valence-electron chi connectivity index (χ4n) is 2.21. The zero-order valence-corrected chi connectivity index (χ0v) is 14.7. The average Bonchev–Trinajstić information content (AvgIpc) is 2.52. The van der Waals surface area contributed by atoms with Crippen molar-refractivity contribution in [3.63, 3.8) is 0 Å². The third-order valence-corrected chi connectivity index (χ3v) is 4.78. The molecule has 0 aliphatic carbocycles. The molecule has 0 saturated heterocycles. The Labute approximate surface area is 145 Å². The van der Waals surface area contributed by atoms with Crippen molar-refractivity contribution in [3.05, 3.63) is 51.3 Å². The molecule has 0 fully saturated rings. The van der Waals surface area contributed by atoms with Crippen LogP contribution in [0.4, 0.5) is 0 Å².